The highest BCUT2D eigenvalue weighted by Crippen LogP contribution is 2.19. The van der Waals surface area contributed by atoms with Crippen molar-refractivity contribution in [3.63, 3.8) is 0 Å². The van der Waals surface area contributed by atoms with Crippen molar-refractivity contribution in [2.75, 3.05) is 18.3 Å². The topological polar surface area (TPSA) is 85.7 Å². The van der Waals surface area contributed by atoms with E-state index in [0.717, 1.165) is 25.2 Å². The van der Waals surface area contributed by atoms with Gasteiger partial charge in [0.15, 0.2) is 0 Å². The fraction of sp³-hybridized carbons (Fsp3) is 0.538. The molecule has 0 bridgehead atoms. The fourth-order valence-electron chi connectivity index (χ4n) is 2.46. The van der Waals surface area contributed by atoms with Crippen molar-refractivity contribution in [2.24, 2.45) is 5.92 Å². The Morgan fingerprint density at radius 3 is 2.85 bits per heavy atom. The van der Waals surface area contributed by atoms with E-state index < -0.39 is 13.0 Å². The molecule has 0 aliphatic carbocycles. The van der Waals surface area contributed by atoms with Gasteiger partial charge in [-0.05, 0) is 50.5 Å². The Kier molecular flexibility index (Phi) is 4.97. The lowest BCUT2D eigenvalue weighted by atomic mass is 9.89. The molecule has 1 saturated heterocycles. The van der Waals surface area contributed by atoms with Gasteiger partial charge in [-0.1, -0.05) is 0 Å². The number of rotatable bonds is 5. The third-order valence-electron chi connectivity index (χ3n) is 3.52. The average Bonchev–Trinajstić information content (AvgIpc) is 2.39. The standard InChI is InChI=1S/C13H20BN3O3/c1-14(20)16-12-8-10(2-5-15-12)9-17-6-3-11(4-7-17)13(18)19/h2,5,8,11,20H,3-4,6-7,9H2,1H3,(H,15,16)(H,18,19). The molecule has 0 amide bonds. The number of aromatic nitrogens is 1. The molecule has 0 saturated carbocycles. The summed E-state index contributed by atoms with van der Waals surface area (Å²) in [5.74, 6) is -0.231. The number of carboxylic acids is 1. The SMILES string of the molecule is CB(O)Nc1cc(CN2CCC(C(=O)O)CC2)ccn1. The molecule has 0 aromatic carbocycles. The van der Waals surface area contributed by atoms with Gasteiger partial charge in [-0.3, -0.25) is 9.69 Å². The van der Waals surface area contributed by atoms with Crippen molar-refractivity contribution in [2.45, 2.75) is 26.2 Å². The second-order valence-electron chi connectivity index (χ2n) is 5.26. The smallest absolute Gasteiger partial charge is 0.408 e. The molecule has 6 nitrogen and oxygen atoms in total. The molecule has 1 aromatic heterocycles. The van der Waals surface area contributed by atoms with Gasteiger partial charge < -0.3 is 15.4 Å². The molecule has 1 aliphatic heterocycles. The molecule has 108 valence electrons. The molecule has 1 aromatic rings. The minimum Gasteiger partial charge on any atom is -0.481 e. The third kappa shape index (κ3) is 4.21. The molecule has 0 unspecified atom stereocenters. The summed E-state index contributed by atoms with van der Waals surface area (Å²) in [7, 11) is -0.635. The number of hydrogen-bond donors (Lipinski definition) is 3. The number of anilines is 1. The van der Waals surface area contributed by atoms with Crippen LogP contribution < -0.4 is 5.23 Å². The Morgan fingerprint density at radius 2 is 2.25 bits per heavy atom. The quantitative estimate of drug-likeness (QED) is 0.693. The van der Waals surface area contributed by atoms with Crippen LogP contribution in [0.4, 0.5) is 5.82 Å². The van der Waals surface area contributed by atoms with E-state index in [2.05, 4.69) is 15.1 Å². The minimum atomic E-state index is -0.683. The molecule has 1 aliphatic rings. The highest BCUT2D eigenvalue weighted by Gasteiger charge is 2.24. The first kappa shape index (κ1) is 14.8. The summed E-state index contributed by atoms with van der Waals surface area (Å²) in [5.41, 5.74) is 1.11. The molecule has 0 atom stereocenters. The second kappa shape index (κ2) is 6.72. The molecular weight excluding hydrogens is 257 g/mol. The van der Waals surface area contributed by atoms with E-state index in [1.54, 1.807) is 13.0 Å². The van der Waals surface area contributed by atoms with Crippen LogP contribution in [-0.4, -0.2) is 46.1 Å². The summed E-state index contributed by atoms with van der Waals surface area (Å²) in [6, 6.07) is 3.85. The first-order valence-electron chi connectivity index (χ1n) is 6.89. The molecule has 0 radical (unpaired) electrons. The second-order valence-corrected chi connectivity index (χ2v) is 5.26. The summed E-state index contributed by atoms with van der Waals surface area (Å²) in [6.07, 6.45) is 3.13. The van der Waals surface area contributed by atoms with Gasteiger partial charge in [0.2, 0.25) is 0 Å². The van der Waals surface area contributed by atoms with Crippen LogP contribution in [0, 0.1) is 5.92 Å². The zero-order valence-electron chi connectivity index (χ0n) is 11.6. The molecule has 0 spiro atoms. The Bertz CT molecular complexity index is 462. The number of piperidine rings is 1. The van der Waals surface area contributed by atoms with Gasteiger partial charge in [0, 0.05) is 12.7 Å². The van der Waals surface area contributed by atoms with Gasteiger partial charge in [-0.2, -0.15) is 0 Å². The van der Waals surface area contributed by atoms with E-state index in [0.29, 0.717) is 18.7 Å². The molecule has 20 heavy (non-hydrogen) atoms. The van der Waals surface area contributed by atoms with Crippen LogP contribution in [0.25, 0.3) is 0 Å². The minimum absolute atomic E-state index is 0.198. The van der Waals surface area contributed by atoms with Crippen molar-refractivity contribution in [3.8, 4) is 0 Å². The molecule has 2 rings (SSSR count). The Balaban J connectivity index is 1.89. The lowest BCUT2D eigenvalue weighted by molar-refractivity contribution is -0.143. The average molecular weight is 277 g/mol. The molecule has 7 heteroatoms. The maximum absolute atomic E-state index is 10.9. The predicted molar refractivity (Wildman–Crippen MR) is 77.3 cm³/mol. The van der Waals surface area contributed by atoms with Crippen LogP contribution in [0.3, 0.4) is 0 Å². The van der Waals surface area contributed by atoms with Gasteiger partial charge in [0.1, 0.15) is 5.82 Å². The van der Waals surface area contributed by atoms with E-state index in [4.69, 9.17) is 5.11 Å². The summed E-state index contributed by atoms with van der Waals surface area (Å²) in [6.45, 7) is 4.03. The van der Waals surface area contributed by atoms with Crippen LogP contribution in [0.15, 0.2) is 18.3 Å². The van der Waals surface area contributed by atoms with E-state index in [1.165, 1.54) is 0 Å². The summed E-state index contributed by atoms with van der Waals surface area (Å²) in [4.78, 5) is 17.3. The number of nitrogens with zero attached hydrogens (tertiary/aromatic N) is 2. The molecule has 1 fully saturated rings. The Labute approximate surface area is 119 Å². The number of carbonyl (C=O) groups is 1. The monoisotopic (exact) mass is 277 g/mol. The maximum Gasteiger partial charge on any atom is 0.408 e. The highest BCUT2D eigenvalue weighted by molar-refractivity contribution is 6.52. The van der Waals surface area contributed by atoms with Crippen molar-refractivity contribution in [3.05, 3.63) is 23.9 Å². The number of aliphatic carboxylic acids is 1. The van der Waals surface area contributed by atoms with Crippen LogP contribution >= 0.6 is 0 Å². The number of nitrogens with one attached hydrogen (secondary N) is 1. The van der Waals surface area contributed by atoms with E-state index in [1.807, 2.05) is 12.1 Å². The van der Waals surface area contributed by atoms with Gasteiger partial charge in [0.05, 0.1) is 5.92 Å². The van der Waals surface area contributed by atoms with Gasteiger partial charge in [0.25, 0.3) is 0 Å². The van der Waals surface area contributed by atoms with Crippen molar-refractivity contribution in [1.29, 1.82) is 0 Å². The highest BCUT2D eigenvalue weighted by atomic mass is 16.4. The number of carboxylic acid groups (broad SMARTS) is 1. The van der Waals surface area contributed by atoms with Crippen molar-refractivity contribution >= 4 is 18.8 Å². The zero-order chi connectivity index (χ0) is 14.5. The maximum atomic E-state index is 10.9. The number of likely N-dealkylation sites (tertiary alicyclic amines) is 1. The Morgan fingerprint density at radius 1 is 1.55 bits per heavy atom. The molecular formula is C13H20BN3O3. The van der Waals surface area contributed by atoms with Gasteiger partial charge >= 0.3 is 13.0 Å². The van der Waals surface area contributed by atoms with Gasteiger partial charge in [-0.15, -0.1) is 0 Å². The van der Waals surface area contributed by atoms with Crippen LogP contribution in [0.5, 0.6) is 0 Å². The normalized spacial score (nSPS) is 16.9. The van der Waals surface area contributed by atoms with Crippen LogP contribution in [-0.2, 0) is 11.3 Å². The first-order valence-corrected chi connectivity index (χ1v) is 6.89. The largest absolute Gasteiger partial charge is 0.481 e. The lowest BCUT2D eigenvalue weighted by Gasteiger charge is -2.30. The summed E-state index contributed by atoms with van der Waals surface area (Å²) in [5, 5.41) is 21.1. The van der Waals surface area contributed by atoms with Gasteiger partial charge in [-0.25, -0.2) is 4.98 Å². The number of hydrogen-bond acceptors (Lipinski definition) is 5. The fourth-order valence-corrected chi connectivity index (χ4v) is 2.46. The molecule has 3 N–H and O–H groups in total. The van der Waals surface area contributed by atoms with E-state index in [9.17, 15) is 9.82 Å². The lowest BCUT2D eigenvalue weighted by Crippen LogP contribution is -2.35. The van der Waals surface area contributed by atoms with Crippen LogP contribution in [0.1, 0.15) is 18.4 Å². The first-order chi connectivity index (χ1) is 9.54. The Hall–Kier alpha value is -1.60. The molecule has 2 heterocycles. The predicted octanol–water partition coefficient (Wildman–Crippen LogP) is 0.900. The summed E-state index contributed by atoms with van der Waals surface area (Å²) >= 11 is 0. The number of pyridine rings is 1. The van der Waals surface area contributed by atoms with Crippen molar-refractivity contribution < 1.29 is 14.9 Å². The zero-order valence-corrected chi connectivity index (χ0v) is 11.6. The van der Waals surface area contributed by atoms with Crippen LogP contribution in [0.2, 0.25) is 6.82 Å². The third-order valence-corrected chi connectivity index (χ3v) is 3.52. The van der Waals surface area contributed by atoms with Crippen molar-refractivity contribution in [1.82, 2.24) is 9.88 Å². The van der Waals surface area contributed by atoms with E-state index in [-0.39, 0.29) is 5.92 Å². The summed E-state index contributed by atoms with van der Waals surface area (Å²) < 4.78 is 0. The van der Waals surface area contributed by atoms with E-state index >= 15 is 0 Å².